The van der Waals surface area contributed by atoms with Crippen molar-refractivity contribution >= 4 is 27.5 Å². The van der Waals surface area contributed by atoms with E-state index in [0.717, 1.165) is 5.56 Å². The molecule has 0 spiro atoms. The molecule has 21 heavy (non-hydrogen) atoms. The second kappa shape index (κ2) is 7.33. The Kier molecular flexibility index (Phi) is 5.47. The smallest absolute Gasteiger partial charge is 0.258 e. The molecule has 0 fully saturated rings. The molecule has 110 valence electrons. The van der Waals surface area contributed by atoms with Gasteiger partial charge >= 0.3 is 0 Å². The first kappa shape index (κ1) is 15.7. The van der Waals surface area contributed by atoms with E-state index in [-0.39, 0.29) is 5.56 Å². The van der Waals surface area contributed by atoms with Gasteiger partial charge in [0.05, 0.1) is 12.2 Å². The summed E-state index contributed by atoms with van der Waals surface area (Å²) in [7, 11) is 0. The fraction of sp³-hybridized carbons (Fsp3) is 0.188. The van der Waals surface area contributed by atoms with Crippen LogP contribution in [0.25, 0.3) is 0 Å². The Morgan fingerprint density at radius 2 is 2.05 bits per heavy atom. The Morgan fingerprint density at radius 1 is 1.29 bits per heavy atom. The van der Waals surface area contributed by atoms with Gasteiger partial charge in [0.1, 0.15) is 5.82 Å². The number of nitrogens with one attached hydrogen (secondary N) is 1. The molecule has 1 N–H and O–H groups in total. The number of hydrogen-bond acceptors (Lipinski definition) is 2. The van der Waals surface area contributed by atoms with Gasteiger partial charge in [-0.1, -0.05) is 34.1 Å². The zero-order chi connectivity index (χ0) is 15.2. The van der Waals surface area contributed by atoms with Gasteiger partial charge in [0.25, 0.3) is 5.91 Å². The Morgan fingerprint density at radius 3 is 2.76 bits per heavy atom. The summed E-state index contributed by atoms with van der Waals surface area (Å²) in [6.45, 7) is 2.89. The van der Waals surface area contributed by atoms with Crippen molar-refractivity contribution in [3.05, 3.63) is 63.9 Å². The lowest BCUT2D eigenvalue weighted by Crippen LogP contribution is -2.15. The molecule has 0 bridgehead atoms. The predicted molar refractivity (Wildman–Crippen MR) is 83.8 cm³/mol. The number of ether oxygens (including phenoxy) is 1. The third-order valence-electron chi connectivity index (χ3n) is 2.90. The third-order valence-corrected chi connectivity index (χ3v) is 3.40. The van der Waals surface area contributed by atoms with Crippen LogP contribution < -0.4 is 5.32 Å². The highest BCUT2D eigenvalue weighted by atomic mass is 79.9. The predicted octanol–water partition coefficient (Wildman–Crippen LogP) is 4.38. The van der Waals surface area contributed by atoms with Crippen LogP contribution in [-0.4, -0.2) is 12.5 Å². The normalized spacial score (nSPS) is 10.4. The Hall–Kier alpha value is -1.72. The topological polar surface area (TPSA) is 38.3 Å². The molecule has 2 aromatic rings. The van der Waals surface area contributed by atoms with Gasteiger partial charge in [-0.15, -0.1) is 0 Å². The molecule has 5 heteroatoms. The number of amides is 1. The number of rotatable bonds is 5. The third kappa shape index (κ3) is 4.12. The van der Waals surface area contributed by atoms with Gasteiger partial charge in [-0.3, -0.25) is 4.79 Å². The molecule has 0 aromatic heterocycles. The molecule has 0 heterocycles. The van der Waals surface area contributed by atoms with Gasteiger partial charge in [-0.25, -0.2) is 4.39 Å². The first-order valence-electron chi connectivity index (χ1n) is 6.54. The van der Waals surface area contributed by atoms with Crippen LogP contribution in [0.3, 0.4) is 0 Å². The maximum Gasteiger partial charge on any atom is 0.258 e. The van der Waals surface area contributed by atoms with Gasteiger partial charge in [0.15, 0.2) is 0 Å². The van der Waals surface area contributed by atoms with E-state index >= 15 is 0 Å². The van der Waals surface area contributed by atoms with Crippen LogP contribution in [0.4, 0.5) is 10.1 Å². The SMILES string of the molecule is CCOCc1ccccc1NC(=O)c1ccc(Br)cc1F. The summed E-state index contributed by atoms with van der Waals surface area (Å²) in [6, 6.07) is 11.6. The summed E-state index contributed by atoms with van der Waals surface area (Å²) >= 11 is 3.16. The highest BCUT2D eigenvalue weighted by molar-refractivity contribution is 9.10. The zero-order valence-electron chi connectivity index (χ0n) is 11.5. The Bertz CT molecular complexity index is 646. The van der Waals surface area contributed by atoms with E-state index in [2.05, 4.69) is 21.2 Å². The zero-order valence-corrected chi connectivity index (χ0v) is 13.1. The number of anilines is 1. The lowest BCUT2D eigenvalue weighted by molar-refractivity contribution is 0.102. The van der Waals surface area contributed by atoms with Crippen molar-refractivity contribution in [1.29, 1.82) is 0 Å². The van der Waals surface area contributed by atoms with Crippen molar-refractivity contribution in [1.82, 2.24) is 0 Å². The van der Waals surface area contributed by atoms with Crippen molar-refractivity contribution in [2.24, 2.45) is 0 Å². The first-order valence-corrected chi connectivity index (χ1v) is 7.33. The highest BCUT2D eigenvalue weighted by Gasteiger charge is 2.13. The molecule has 0 aliphatic rings. The van der Waals surface area contributed by atoms with E-state index in [1.807, 2.05) is 25.1 Å². The van der Waals surface area contributed by atoms with Crippen LogP contribution >= 0.6 is 15.9 Å². The molecule has 0 aliphatic carbocycles. The average Bonchev–Trinajstić information content (AvgIpc) is 2.46. The lowest BCUT2D eigenvalue weighted by atomic mass is 10.1. The monoisotopic (exact) mass is 351 g/mol. The van der Waals surface area contributed by atoms with Crippen LogP contribution in [0.15, 0.2) is 46.9 Å². The van der Waals surface area contributed by atoms with E-state index in [4.69, 9.17) is 4.74 Å². The molecule has 2 aromatic carbocycles. The Balaban J connectivity index is 2.19. The second-order valence-corrected chi connectivity index (χ2v) is 5.29. The van der Waals surface area contributed by atoms with Crippen molar-refractivity contribution < 1.29 is 13.9 Å². The molecule has 0 radical (unpaired) electrons. The first-order chi connectivity index (χ1) is 10.1. The molecule has 1 amide bonds. The molecule has 0 saturated heterocycles. The van der Waals surface area contributed by atoms with Gasteiger partial charge in [0, 0.05) is 22.3 Å². The lowest BCUT2D eigenvalue weighted by Gasteiger charge is -2.11. The summed E-state index contributed by atoms with van der Waals surface area (Å²) < 4.78 is 19.7. The van der Waals surface area contributed by atoms with Crippen molar-refractivity contribution in [3.63, 3.8) is 0 Å². The number of benzene rings is 2. The fourth-order valence-corrected chi connectivity index (χ4v) is 2.18. The van der Waals surface area contributed by atoms with E-state index in [9.17, 15) is 9.18 Å². The van der Waals surface area contributed by atoms with Crippen molar-refractivity contribution in [2.75, 3.05) is 11.9 Å². The van der Waals surface area contributed by atoms with Gasteiger partial charge in [0.2, 0.25) is 0 Å². The minimum absolute atomic E-state index is 0.00409. The minimum Gasteiger partial charge on any atom is -0.377 e. The summed E-state index contributed by atoms with van der Waals surface area (Å²) in [5, 5.41) is 2.72. The van der Waals surface area contributed by atoms with Gasteiger partial charge < -0.3 is 10.1 Å². The summed E-state index contributed by atoms with van der Waals surface area (Å²) in [5.74, 6) is -1.05. The van der Waals surface area contributed by atoms with Gasteiger partial charge in [-0.05, 0) is 31.2 Å². The maximum absolute atomic E-state index is 13.8. The van der Waals surface area contributed by atoms with E-state index < -0.39 is 11.7 Å². The summed E-state index contributed by atoms with van der Waals surface area (Å²) in [6.07, 6.45) is 0. The fourth-order valence-electron chi connectivity index (χ4n) is 1.84. The molecular formula is C16H15BrFNO2. The molecule has 3 nitrogen and oxygen atoms in total. The van der Waals surface area contributed by atoms with Crippen molar-refractivity contribution in [2.45, 2.75) is 13.5 Å². The minimum atomic E-state index is -0.566. The van der Waals surface area contributed by atoms with Gasteiger partial charge in [-0.2, -0.15) is 0 Å². The second-order valence-electron chi connectivity index (χ2n) is 4.37. The average molecular weight is 352 g/mol. The number of halogens is 2. The number of para-hydroxylation sites is 1. The summed E-state index contributed by atoms with van der Waals surface area (Å²) in [4.78, 5) is 12.2. The van der Waals surface area contributed by atoms with Crippen LogP contribution in [0.5, 0.6) is 0 Å². The Labute approximate surface area is 131 Å². The highest BCUT2D eigenvalue weighted by Crippen LogP contribution is 2.20. The molecule has 0 aliphatic heterocycles. The van der Waals surface area contributed by atoms with Crippen molar-refractivity contribution in [3.8, 4) is 0 Å². The quantitative estimate of drug-likeness (QED) is 0.868. The van der Waals surface area contributed by atoms with E-state index in [0.29, 0.717) is 23.4 Å². The number of carbonyl (C=O) groups is 1. The van der Waals surface area contributed by atoms with E-state index in [1.54, 1.807) is 12.1 Å². The van der Waals surface area contributed by atoms with Crippen LogP contribution in [0.1, 0.15) is 22.8 Å². The molecule has 2 rings (SSSR count). The maximum atomic E-state index is 13.8. The molecule has 0 atom stereocenters. The molecule has 0 unspecified atom stereocenters. The van der Waals surface area contributed by atoms with Crippen LogP contribution in [-0.2, 0) is 11.3 Å². The largest absolute Gasteiger partial charge is 0.377 e. The van der Waals surface area contributed by atoms with Crippen LogP contribution in [0, 0.1) is 5.82 Å². The standard InChI is InChI=1S/C16H15BrFNO2/c1-2-21-10-11-5-3-4-6-15(11)19-16(20)13-8-7-12(17)9-14(13)18/h3-9H,2,10H2,1H3,(H,19,20). The number of carbonyl (C=O) groups excluding carboxylic acids is 1. The molecule has 0 saturated carbocycles. The number of hydrogen-bond donors (Lipinski definition) is 1. The van der Waals surface area contributed by atoms with Crippen LogP contribution in [0.2, 0.25) is 0 Å². The van der Waals surface area contributed by atoms with E-state index in [1.165, 1.54) is 12.1 Å². The molecular weight excluding hydrogens is 337 g/mol. The summed E-state index contributed by atoms with van der Waals surface area (Å²) in [5.41, 5.74) is 1.48.